The van der Waals surface area contributed by atoms with E-state index in [0.29, 0.717) is 60.9 Å². The Kier molecular flexibility index (Phi) is 6.82. The van der Waals surface area contributed by atoms with E-state index in [0.717, 1.165) is 38.3 Å². The zero-order valence-electron chi connectivity index (χ0n) is 19.3. The summed E-state index contributed by atoms with van der Waals surface area (Å²) in [7, 11) is 1.56. The number of ether oxygens (including phenoxy) is 3. The maximum Gasteiger partial charge on any atom is 0.276 e. The summed E-state index contributed by atoms with van der Waals surface area (Å²) in [6.07, 6.45) is 3.67. The number of pyridine rings is 1. The van der Waals surface area contributed by atoms with Crippen LogP contribution in [0.4, 0.5) is 0 Å². The maximum absolute atomic E-state index is 12.5. The van der Waals surface area contributed by atoms with Crippen molar-refractivity contribution in [1.29, 1.82) is 0 Å². The van der Waals surface area contributed by atoms with Gasteiger partial charge in [0.15, 0.2) is 11.4 Å². The number of hydrogen-bond acceptors (Lipinski definition) is 10. The zero-order valence-corrected chi connectivity index (χ0v) is 19.3. The molecule has 34 heavy (non-hydrogen) atoms. The summed E-state index contributed by atoms with van der Waals surface area (Å²) in [6.45, 7) is 5.91. The Labute approximate surface area is 197 Å². The highest BCUT2D eigenvalue weighted by molar-refractivity contribution is 5.70. The lowest BCUT2D eigenvalue weighted by molar-refractivity contribution is 0.161. The first-order valence-electron chi connectivity index (χ1n) is 11.7. The van der Waals surface area contributed by atoms with E-state index in [1.165, 1.54) is 12.6 Å². The summed E-state index contributed by atoms with van der Waals surface area (Å²) in [5.41, 5.74) is 1.93. The number of hydrogen-bond donors (Lipinski definition) is 1. The Morgan fingerprint density at radius 3 is 3.03 bits per heavy atom. The summed E-state index contributed by atoms with van der Waals surface area (Å²) in [4.78, 5) is 23.6. The molecule has 0 radical (unpaired) electrons. The van der Waals surface area contributed by atoms with Crippen molar-refractivity contribution in [3.63, 3.8) is 0 Å². The van der Waals surface area contributed by atoms with Crippen LogP contribution in [0.15, 0.2) is 29.2 Å². The van der Waals surface area contributed by atoms with E-state index >= 15 is 0 Å². The standard InChI is InChI=1S/C23H29N7O4/c1-32-20-5-4-18-22(26-20)30(21(31)14-25-18)8-7-29-6-2-3-16(15-29)12-24-13-17-11-19-23(28-27-17)34-10-9-33-19/h4-5,11,14,16,24H,2-3,6-10,12-13,15H2,1H3/t16-/m0/s1. The van der Waals surface area contributed by atoms with Gasteiger partial charge in [-0.1, -0.05) is 0 Å². The van der Waals surface area contributed by atoms with Crippen LogP contribution in [0.2, 0.25) is 0 Å². The molecule has 5 rings (SSSR count). The van der Waals surface area contributed by atoms with Crippen molar-refractivity contribution in [3.05, 3.63) is 40.4 Å². The number of likely N-dealkylation sites (tertiary alicyclic amines) is 1. The molecule has 11 nitrogen and oxygen atoms in total. The van der Waals surface area contributed by atoms with Gasteiger partial charge < -0.3 is 24.4 Å². The molecule has 2 aliphatic rings. The van der Waals surface area contributed by atoms with E-state index in [2.05, 4.69) is 30.4 Å². The molecule has 0 saturated carbocycles. The number of piperidine rings is 1. The van der Waals surface area contributed by atoms with Crippen molar-refractivity contribution in [2.75, 3.05) is 46.5 Å². The fourth-order valence-corrected chi connectivity index (χ4v) is 4.50. The topological polar surface area (TPSA) is 117 Å². The summed E-state index contributed by atoms with van der Waals surface area (Å²) in [5, 5.41) is 11.8. The van der Waals surface area contributed by atoms with Crippen LogP contribution in [-0.4, -0.2) is 76.1 Å². The first kappa shape index (κ1) is 22.5. The van der Waals surface area contributed by atoms with Crippen molar-refractivity contribution in [3.8, 4) is 17.5 Å². The van der Waals surface area contributed by atoms with E-state index in [-0.39, 0.29) is 5.56 Å². The minimum absolute atomic E-state index is 0.149. The van der Waals surface area contributed by atoms with Crippen molar-refractivity contribution in [2.45, 2.75) is 25.9 Å². The van der Waals surface area contributed by atoms with Gasteiger partial charge >= 0.3 is 0 Å². The number of nitrogens with zero attached hydrogens (tertiary/aromatic N) is 6. The van der Waals surface area contributed by atoms with Gasteiger partial charge in [-0.3, -0.25) is 9.36 Å². The first-order chi connectivity index (χ1) is 16.7. The lowest BCUT2D eigenvalue weighted by Crippen LogP contribution is -2.41. The molecule has 0 aromatic carbocycles. The van der Waals surface area contributed by atoms with Crippen LogP contribution in [0.5, 0.6) is 17.5 Å². The molecule has 3 aromatic heterocycles. The molecule has 0 spiro atoms. The summed E-state index contributed by atoms with van der Waals surface area (Å²) >= 11 is 0. The molecule has 1 N–H and O–H groups in total. The average Bonchev–Trinajstić information content (AvgIpc) is 2.88. The quantitative estimate of drug-likeness (QED) is 0.511. The van der Waals surface area contributed by atoms with Crippen LogP contribution in [0.25, 0.3) is 11.2 Å². The fourth-order valence-electron chi connectivity index (χ4n) is 4.50. The number of fused-ring (bicyclic) bond motifs is 2. The molecule has 1 fully saturated rings. The largest absolute Gasteiger partial charge is 0.484 e. The van der Waals surface area contributed by atoms with Gasteiger partial charge in [-0.15, -0.1) is 5.10 Å². The SMILES string of the molecule is COc1ccc2ncc(=O)n(CCN3CCC[C@@H](CNCc4cc5c(nn4)OCCO5)C3)c2n1. The third-order valence-corrected chi connectivity index (χ3v) is 6.21. The number of nitrogens with one attached hydrogen (secondary N) is 1. The van der Waals surface area contributed by atoms with E-state index < -0.39 is 0 Å². The van der Waals surface area contributed by atoms with Crippen LogP contribution >= 0.6 is 0 Å². The lowest BCUT2D eigenvalue weighted by atomic mass is 9.98. The van der Waals surface area contributed by atoms with Crippen LogP contribution in [-0.2, 0) is 13.1 Å². The van der Waals surface area contributed by atoms with Crippen LogP contribution in [0.1, 0.15) is 18.5 Å². The van der Waals surface area contributed by atoms with E-state index in [4.69, 9.17) is 14.2 Å². The first-order valence-corrected chi connectivity index (χ1v) is 11.7. The smallest absolute Gasteiger partial charge is 0.276 e. The third-order valence-electron chi connectivity index (χ3n) is 6.21. The minimum atomic E-state index is -0.149. The lowest BCUT2D eigenvalue weighted by Gasteiger charge is -2.33. The zero-order chi connectivity index (χ0) is 23.3. The Morgan fingerprint density at radius 2 is 2.12 bits per heavy atom. The van der Waals surface area contributed by atoms with Gasteiger partial charge in [-0.05, 0) is 37.9 Å². The molecule has 0 unspecified atom stereocenters. The van der Waals surface area contributed by atoms with Crippen LogP contribution in [0.3, 0.4) is 0 Å². The minimum Gasteiger partial charge on any atom is -0.484 e. The molecule has 2 aliphatic heterocycles. The molecule has 0 amide bonds. The van der Waals surface area contributed by atoms with Crippen molar-refractivity contribution in [2.24, 2.45) is 5.92 Å². The van der Waals surface area contributed by atoms with Gasteiger partial charge in [-0.25, -0.2) is 4.98 Å². The molecule has 180 valence electrons. The Balaban J connectivity index is 1.15. The summed E-state index contributed by atoms with van der Waals surface area (Å²) in [5.74, 6) is 2.13. The van der Waals surface area contributed by atoms with Gasteiger partial charge in [0.2, 0.25) is 5.88 Å². The van der Waals surface area contributed by atoms with Gasteiger partial charge in [0, 0.05) is 38.3 Å². The second-order valence-corrected chi connectivity index (χ2v) is 8.59. The fraction of sp³-hybridized carbons (Fsp3) is 0.522. The predicted octanol–water partition coefficient (Wildman–Crippen LogP) is 0.863. The average molecular weight is 468 g/mol. The highest BCUT2D eigenvalue weighted by Crippen LogP contribution is 2.26. The Hall–Kier alpha value is -3.31. The monoisotopic (exact) mass is 467 g/mol. The molecule has 1 atom stereocenters. The van der Waals surface area contributed by atoms with Crippen molar-refractivity contribution < 1.29 is 14.2 Å². The van der Waals surface area contributed by atoms with Gasteiger partial charge in [0.25, 0.3) is 11.4 Å². The summed E-state index contributed by atoms with van der Waals surface area (Å²) < 4.78 is 17.9. The highest BCUT2D eigenvalue weighted by atomic mass is 16.6. The number of rotatable bonds is 8. The Morgan fingerprint density at radius 1 is 1.21 bits per heavy atom. The van der Waals surface area contributed by atoms with E-state index in [9.17, 15) is 4.79 Å². The molecule has 1 saturated heterocycles. The molecule has 11 heteroatoms. The van der Waals surface area contributed by atoms with Gasteiger partial charge in [-0.2, -0.15) is 10.1 Å². The van der Waals surface area contributed by atoms with Crippen molar-refractivity contribution >= 4 is 11.2 Å². The highest BCUT2D eigenvalue weighted by Gasteiger charge is 2.20. The van der Waals surface area contributed by atoms with E-state index in [1.807, 2.05) is 12.1 Å². The summed E-state index contributed by atoms with van der Waals surface area (Å²) in [6, 6.07) is 5.47. The van der Waals surface area contributed by atoms with E-state index in [1.54, 1.807) is 17.7 Å². The number of aromatic nitrogens is 5. The van der Waals surface area contributed by atoms with Gasteiger partial charge in [0.1, 0.15) is 18.7 Å². The molecular formula is C23H29N7O4. The maximum atomic E-state index is 12.5. The predicted molar refractivity (Wildman–Crippen MR) is 124 cm³/mol. The molecule has 0 aliphatic carbocycles. The molecule has 5 heterocycles. The normalized spacial score (nSPS) is 18.2. The third kappa shape index (κ3) is 5.10. The van der Waals surface area contributed by atoms with Gasteiger partial charge in [0.05, 0.1) is 19.0 Å². The van der Waals surface area contributed by atoms with Crippen LogP contribution in [0, 0.1) is 5.92 Å². The second-order valence-electron chi connectivity index (χ2n) is 8.59. The molecule has 3 aromatic rings. The molecular weight excluding hydrogens is 438 g/mol. The number of methoxy groups -OCH3 is 1. The molecule has 0 bridgehead atoms. The Bertz CT molecular complexity index is 1200. The van der Waals surface area contributed by atoms with Crippen molar-refractivity contribution in [1.82, 2.24) is 34.9 Å². The van der Waals surface area contributed by atoms with Crippen LogP contribution < -0.4 is 25.1 Å². The second kappa shape index (κ2) is 10.3.